The Hall–Kier alpha value is -2.89. The highest BCUT2D eigenvalue weighted by atomic mass is 16.5. The first-order chi connectivity index (χ1) is 12.5. The van der Waals surface area contributed by atoms with Gasteiger partial charge in [0.2, 0.25) is 5.75 Å². The van der Waals surface area contributed by atoms with Gasteiger partial charge < -0.3 is 24.8 Å². The molecule has 1 aliphatic heterocycles. The van der Waals surface area contributed by atoms with Crippen LogP contribution in [0, 0.1) is 0 Å². The van der Waals surface area contributed by atoms with Crippen LogP contribution in [-0.2, 0) is 0 Å². The average molecular weight is 356 g/mol. The molecule has 0 saturated heterocycles. The number of anilines is 1. The molecule has 2 N–H and O–H groups in total. The quantitative estimate of drug-likeness (QED) is 0.853. The Morgan fingerprint density at radius 1 is 1.19 bits per heavy atom. The number of amides is 1. The van der Waals surface area contributed by atoms with Crippen molar-refractivity contribution in [1.29, 1.82) is 0 Å². The fraction of sp³-hybridized carbons (Fsp3) is 0.350. The van der Waals surface area contributed by atoms with E-state index < -0.39 is 6.17 Å². The number of nitrogens with one attached hydrogen (secondary N) is 1. The fourth-order valence-corrected chi connectivity index (χ4v) is 3.24. The zero-order valence-corrected chi connectivity index (χ0v) is 15.4. The number of carbonyl (C=O) groups excluding carboxylic acids is 1. The molecule has 3 rings (SSSR count). The lowest BCUT2D eigenvalue weighted by Gasteiger charge is -2.41. The number of phenols is 1. The minimum atomic E-state index is -0.393. The Bertz CT molecular complexity index is 796. The normalized spacial score (nSPS) is 17.3. The third-order valence-electron chi connectivity index (χ3n) is 4.85. The summed E-state index contributed by atoms with van der Waals surface area (Å²) in [5.74, 6) is 0.522. The van der Waals surface area contributed by atoms with Crippen LogP contribution in [-0.4, -0.2) is 36.2 Å². The lowest BCUT2D eigenvalue weighted by atomic mass is 10.00. The summed E-state index contributed by atoms with van der Waals surface area (Å²) in [6.45, 7) is 4.07. The summed E-state index contributed by atoms with van der Waals surface area (Å²) in [7, 11) is 2.97. The van der Waals surface area contributed by atoms with Gasteiger partial charge in [0.25, 0.3) is 5.91 Å². The number of rotatable bonds is 5. The number of ether oxygens (including phenoxy) is 2. The first-order valence-corrected chi connectivity index (χ1v) is 8.64. The van der Waals surface area contributed by atoms with Crippen molar-refractivity contribution in [2.24, 2.45) is 0 Å². The molecule has 0 fully saturated rings. The van der Waals surface area contributed by atoms with Crippen LogP contribution >= 0.6 is 0 Å². The maximum atomic E-state index is 13.2. The largest absolute Gasteiger partial charge is 0.502 e. The van der Waals surface area contributed by atoms with Gasteiger partial charge >= 0.3 is 0 Å². The van der Waals surface area contributed by atoms with Crippen molar-refractivity contribution in [3.05, 3.63) is 47.5 Å². The second-order valence-electron chi connectivity index (χ2n) is 6.34. The van der Waals surface area contributed by atoms with E-state index in [0.29, 0.717) is 17.1 Å². The van der Waals surface area contributed by atoms with Crippen molar-refractivity contribution in [1.82, 2.24) is 4.90 Å². The highest BCUT2D eigenvalue weighted by Gasteiger charge is 2.36. The fourth-order valence-electron chi connectivity index (χ4n) is 3.24. The molecule has 0 aromatic heterocycles. The van der Waals surface area contributed by atoms with Gasteiger partial charge in [-0.15, -0.1) is 0 Å². The molecule has 6 heteroatoms. The molecule has 1 heterocycles. The summed E-state index contributed by atoms with van der Waals surface area (Å²) >= 11 is 0. The number of hydrogen-bond acceptors (Lipinski definition) is 5. The molecule has 2 aromatic rings. The van der Waals surface area contributed by atoms with Gasteiger partial charge in [0.15, 0.2) is 11.5 Å². The predicted octanol–water partition coefficient (Wildman–Crippen LogP) is 3.77. The minimum Gasteiger partial charge on any atom is -0.502 e. The van der Waals surface area contributed by atoms with Crippen molar-refractivity contribution in [2.45, 2.75) is 32.5 Å². The molecule has 2 atom stereocenters. The highest BCUT2D eigenvalue weighted by Crippen LogP contribution is 2.42. The summed E-state index contributed by atoms with van der Waals surface area (Å²) < 4.78 is 10.6. The van der Waals surface area contributed by atoms with Crippen LogP contribution in [0.4, 0.5) is 5.69 Å². The minimum absolute atomic E-state index is 0.0234. The van der Waals surface area contributed by atoms with Gasteiger partial charge in [-0.05, 0) is 37.6 Å². The maximum Gasteiger partial charge on any atom is 0.258 e. The molecular weight excluding hydrogens is 332 g/mol. The molecule has 0 aliphatic carbocycles. The van der Waals surface area contributed by atoms with Gasteiger partial charge in [-0.25, -0.2) is 0 Å². The summed E-state index contributed by atoms with van der Waals surface area (Å²) in [6.07, 6.45) is 0.425. The second kappa shape index (κ2) is 7.15. The molecule has 2 aromatic carbocycles. The van der Waals surface area contributed by atoms with E-state index in [1.165, 1.54) is 14.2 Å². The Labute approximate surface area is 153 Å². The molecule has 1 aliphatic rings. The zero-order valence-electron chi connectivity index (χ0n) is 15.4. The number of phenolic OH excluding ortho intramolecular Hbond substituents is 1. The molecule has 0 spiro atoms. The zero-order chi connectivity index (χ0) is 18.8. The standard InChI is InChI=1S/C20H24N2O4/c1-5-12(2)22-19(21-15-9-7-6-8-14(15)20(22)24)13-10-16(25-3)18(23)17(11-13)26-4/h6-12,19,21,23H,5H2,1-4H3/t12-,19+/m0/s1. The molecule has 0 bridgehead atoms. The van der Waals surface area contributed by atoms with E-state index in [9.17, 15) is 9.90 Å². The Morgan fingerprint density at radius 2 is 1.81 bits per heavy atom. The third kappa shape index (κ3) is 2.92. The molecule has 138 valence electrons. The summed E-state index contributed by atoms with van der Waals surface area (Å²) in [5.41, 5.74) is 2.22. The Kier molecular flexibility index (Phi) is 4.93. The molecule has 6 nitrogen and oxygen atoms in total. The first-order valence-electron chi connectivity index (χ1n) is 8.64. The molecule has 1 amide bonds. The van der Waals surface area contributed by atoms with Gasteiger partial charge in [-0.1, -0.05) is 19.1 Å². The van der Waals surface area contributed by atoms with Crippen LogP contribution in [0.2, 0.25) is 0 Å². The van der Waals surface area contributed by atoms with Crippen molar-refractivity contribution >= 4 is 11.6 Å². The topological polar surface area (TPSA) is 71.0 Å². The molecule has 0 radical (unpaired) electrons. The lowest BCUT2D eigenvalue weighted by molar-refractivity contribution is 0.0593. The number of aromatic hydroxyl groups is 1. The molecule has 0 unspecified atom stereocenters. The number of para-hydroxylation sites is 1. The van der Waals surface area contributed by atoms with Gasteiger partial charge in [-0.2, -0.15) is 0 Å². The van der Waals surface area contributed by atoms with Crippen molar-refractivity contribution in [3.63, 3.8) is 0 Å². The van der Waals surface area contributed by atoms with Crippen LogP contribution in [0.25, 0.3) is 0 Å². The van der Waals surface area contributed by atoms with E-state index in [-0.39, 0.29) is 17.7 Å². The van der Waals surface area contributed by atoms with Crippen LogP contribution in [0.1, 0.15) is 42.4 Å². The van der Waals surface area contributed by atoms with Crippen molar-refractivity contribution < 1.29 is 19.4 Å². The number of fused-ring (bicyclic) bond motifs is 1. The van der Waals surface area contributed by atoms with E-state index in [1.54, 1.807) is 12.1 Å². The van der Waals surface area contributed by atoms with Crippen LogP contribution in [0.15, 0.2) is 36.4 Å². The smallest absolute Gasteiger partial charge is 0.258 e. The van der Waals surface area contributed by atoms with Crippen LogP contribution < -0.4 is 14.8 Å². The number of nitrogens with zero attached hydrogens (tertiary/aromatic N) is 1. The van der Waals surface area contributed by atoms with E-state index >= 15 is 0 Å². The molecule has 26 heavy (non-hydrogen) atoms. The second-order valence-corrected chi connectivity index (χ2v) is 6.34. The van der Waals surface area contributed by atoms with Crippen molar-refractivity contribution in [3.8, 4) is 17.2 Å². The van der Waals surface area contributed by atoms with E-state index in [4.69, 9.17) is 9.47 Å². The van der Waals surface area contributed by atoms with Gasteiger partial charge in [-0.3, -0.25) is 4.79 Å². The average Bonchev–Trinajstić information content (AvgIpc) is 2.67. The van der Waals surface area contributed by atoms with Gasteiger partial charge in [0.05, 0.1) is 19.8 Å². The van der Waals surface area contributed by atoms with Crippen LogP contribution in [0.3, 0.4) is 0 Å². The predicted molar refractivity (Wildman–Crippen MR) is 99.9 cm³/mol. The number of carbonyl (C=O) groups is 1. The van der Waals surface area contributed by atoms with Crippen molar-refractivity contribution in [2.75, 3.05) is 19.5 Å². The first kappa shape index (κ1) is 17.9. The van der Waals surface area contributed by atoms with E-state index in [2.05, 4.69) is 5.32 Å². The third-order valence-corrected chi connectivity index (χ3v) is 4.85. The summed E-state index contributed by atoms with van der Waals surface area (Å²) in [6, 6.07) is 11.0. The Balaban J connectivity index is 2.14. The number of benzene rings is 2. The molecule has 0 saturated carbocycles. The lowest BCUT2D eigenvalue weighted by Crippen LogP contribution is -2.47. The highest BCUT2D eigenvalue weighted by molar-refractivity contribution is 6.01. The summed E-state index contributed by atoms with van der Waals surface area (Å²) in [5, 5.41) is 13.6. The van der Waals surface area contributed by atoms with Gasteiger partial charge in [0, 0.05) is 17.3 Å². The maximum absolute atomic E-state index is 13.2. The Morgan fingerprint density at radius 3 is 2.38 bits per heavy atom. The summed E-state index contributed by atoms with van der Waals surface area (Å²) in [4.78, 5) is 15.0. The van der Waals surface area contributed by atoms with Gasteiger partial charge in [0.1, 0.15) is 6.17 Å². The van der Waals surface area contributed by atoms with E-state index in [0.717, 1.165) is 17.7 Å². The SMILES string of the molecule is CC[C@H](C)N1C(=O)c2ccccc2N[C@H]1c1cc(OC)c(O)c(OC)c1. The number of hydrogen-bond donors (Lipinski definition) is 2. The molecular formula is C20H24N2O4. The van der Waals surface area contributed by atoms with Crippen LogP contribution in [0.5, 0.6) is 17.2 Å². The number of methoxy groups -OCH3 is 2. The van der Waals surface area contributed by atoms with E-state index in [1.807, 2.05) is 43.0 Å². The monoisotopic (exact) mass is 356 g/mol.